The van der Waals surface area contributed by atoms with E-state index in [2.05, 4.69) is 9.88 Å². The Bertz CT molecular complexity index is 1490. The summed E-state index contributed by atoms with van der Waals surface area (Å²) in [5.74, 6) is -0.119. The first kappa shape index (κ1) is 22.9. The van der Waals surface area contributed by atoms with E-state index in [1.807, 2.05) is 54.6 Å². The molecule has 0 atom stereocenters. The zero-order valence-corrected chi connectivity index (χ0v) is 19.9. The zero-order valence-electron chi connectivity index (χ0n) is 19.1. The number of hydrogen-bond acceptors (Lipinski definition) is 4. The molecule has 8 heteroatoms. The molecule has 1 saturated heterocycles. The van der Waals surface area contributed by atoms with E-state index in [4.69, 9.17) is 11.6 Å². The van der Waals surface area contributed by atoms with E-state index in [1.54, 1.807) is 23.1 Å². The number of piperazine rings is 1. The van der Waals surface area contributed by atoms with Crippen LogP contribution in [0, 0.1) is 0 Å². The summed E-state index contributed by atoms with van der Waals surface area (Å²) in [4.78, 5) is 45.6. The number of H-pyrrole nitrogens is 1. The van der Waals surface area contributed by atoms with Crippen LogP contribution in [0.25, 0.3) is 10.9 Å². The summed E-state index contributed by atoms with van der Waals surface area (Å²) in [7, 11) is 0. The van der Waals surface area contributed by atoms with Crippen molar-refractivity contribution in [3.8, 4) is 0 Å². The highest BCUT2D eigenvalue weighted by Gasteiger charge is 2.23. The monoisotopic (exact) mass is 488 g/mol. The minimum atomic E-state index is -0.474. The van der Waals surface area contributed by atoms with Gasteiger partial charge >= 0.3 is 5.69 Å². The van der Waals surface area contributed by atoms with E-state index in [1.165, 1.54) is 4.57 Å². The normalized spacial score (nSPS) is 13.9. The average Bonchev–Trinajstić information content (AvgIpc) is 2.88. The minimum Gasteiger partial charge on any atom is -0.368 e. The molecule has 0 radical (unpaired) electrons. The predicted molar refractivity (Wildman–Crippen MR) is 139 cm³/mol. The molecule has 1 N–H and O–H groups in total. The standard InChI is InChI=1S/C27H25ClN4O3/c28-21-7-4-8-22(18-21)30-13-15-31(16-14-30)25(33)20-9-10-23-24(17-20)29-27(35)32(26(23)34)12-11-19-5-2-1-3-6-19/h1-10,17-18H,11-16H2,(H,29,35). The molecule has 0 aliphatic carbocycles. The summed E-state index contributed by atoms with van der Waals surface area (Å²) < 4.78 is 1.21. The van der Waals surface area contributed by atoms with Crippen LogP contribution in [0.4, 0.5) is 5.69 Å². The fourth-order valence-corrected chi connectivity index (χ4v) is 4.68. The van der Waals surface area contributed by atoms with Crippen LogP contribution in [0.1, 0.15) is 15.9 Å². The van der Waals surface area contributed by atoms with Crippen molar-refractivity contribution in [1.29, 1.82) is 0 Å². The number of nitrogens with one attached hydrogen (secondary N) is 1. The van der Waals surface area contributed by atoms with Gasteiger partial charge in [-0.3, -0.25) is 14.2 Å². The van der Waals surface area contributed by atoms with Crippen LogP contribution in [-0.2, 0) is 13.0 Å². The number of halogens is 1. The molecule has 1 aliphatic heterocycles. The van der Waals surface area contributed by atoms with Gasteiger partial charge in [-0.05, 0) is 48.4 Å². The summed E-state index contributed by atoms with van der Waals surface area (Å²) in [5.41, 5.74) is 2.09. The highest BCUT2D eigenvalue weighted by molar-refractivity contribution is 6.30. The summed E-state index contributed by atoms with van der Waals surface area (Å²) in [6, 6.07) is 22.3. The third-order valence-electron chi connectivity index (χ3n) is 6.44. The first-order valence-electron chi connectivity index (χ1n) is 11.6. The summed E-state index contributed by atoms with van der Waals surface area (Å²) in [5, 5.41) is 1.07. The van der Waals surface area contributed by atoms with E-state index in [-0.39, 0.29) is 18.0 Å². The Labute approximate surface area is 207 Å². The highest BCUT2D eigenvalue weighted by atomic mass is 35.5. The summed E-state index contributed by atoms with van der Waals surface area (Å²) in [6.07, 6.45) is 0.576. The largest absolute Gasteiger partial charge is 0.368 e. The lowest BCUT2D eigenvalue weighted by molar-refractivity contribution is 0.0747. The van der Waals surface area contributed by atoms with Gasteiger partial charge in [-0.2, -0.15) is 0 Å². The molecule has 35 heavy (non-hydrogen) atoms. The maximum atomic E-state index is 13.1. The van der Waals surface area contributed by atoms with Crippen LogP contribution in [0.15, 0.2) is 82.4 Å². The third-order valence-corrected chi connectivity index (χ3v) is 6.67. The van der Waals surface area contributed by atoms with Gasteiger partial charge in [0.15, 0.2) is 0 Å². The zero-order chi connectivity index (χ0) is 24.4. The average molecular weight is 489 g/mol. The van der Waals surface area contributed by atoms with Crippen LogP contribution in [0.5, 0.6) is 0 Å². The van der Waals surface area contributed by atoms with Crippen LogP contribution < -0.4 is 16.1 Å². The number of carbonyl (C=O) groups is 1. The molecule has 178 valence electrons. The molecule has 0 unspecified atom stereocenters. The van der Waals surface area contributed by atoms with Gasteiger partial charge in [0.2, 0.25) is 0 Å². The first-order valence-corrected chi connectivity index (χ1v) is 12.0. The number of benzene rings is 3. The molecule has 1 aromatic heterocycles. The van der Waals surface area contributed by atoms with Crippen molar-refractivity contribution in [2.45, 2.75) is 13.0 Å². The molecule has 1 aliphatic rings. The van der Waals surface area contributed by atoms with Crippen molar-refractivity contribution in [3.63, 3.8) is 0 Å². The second kappa shape index (κ2) is 9.80. The number of nitrogens with zero attached hydrogens (tertiary/aromatic N) is 3. The molecular weight excluding hydrogens is 464 g/mol. The second-order valence-corrected chi connectivity index (χ2v) is 9.08. The molecule has 7 nitrogen and oxygen atoms in total. The van der Waals surface area contributed by atoms with Gasteiger partial charge in [-0.15, -0.1) is 0 Å². The van der Waals surface area contributed by atoms with Crippen molar-refractivity contribution in [3.05, 3.63) is 110 Å². The molecule has 3 aromatic carbocycles. The quantitative estimate of drug-likeness (QED) is 0.466. The maximum Gasteiger partial charge on any atom is 0.328 e. The maximum absolute atomic E-state index is 13.1. The number of aryl methyl sites for hydroxylation is 1. The van der Waals surface area contributed by atoms with Crippen LogP contribution in [0.3, 0.4) is 0 Å². The number of amides is 1. The predicted octanol–water partition coefficient (Wildman–Crippen LogP) is 3.55. The van der Waals surface area contributed by atoms with E-state index in [0.29, 0.717) is 54.1 Å². The van der Waals surface area contributed by atoms with Gasteiger partial charge in [-0.1, -0.05) is 48.0 Å². The van der Waals surface area contributed by atoms with Crippen molar-refractivity contribution in [2.24, 2.45) is 0 Å². The Morgan fingerprint density at radius 3 is 2.40 bits per heavy atom. The summed E-state index contributed by atoms with van der Waals surface area (Å²) >= 11 is 6.11. The van der Waals surface area contributed by atoms with E-state index >= 15 is 0 Å². The van der Waals surface area contributed by atoms with Crippen LogP contribution >= 0.6 is 11.6 Å². The highest BCUT2D eigenvalue weighted by Crippen LogP contribution is 2.21. The van der Waals surface area contributed by atoms with E-state index < -0.39 is 5.69 Å². The van der Waals surface area contributed by atoms with Gasteiger partial charge in [0.05, 0.1) is 10.9 Å². The van der Waals surface area contributed by atoms with Gasteiger partial charge in [0, 0.05) is 49.0 Å². The third kappa shape index (κ3) is 4.86. The van der Waals surface area contributed by atoms with Gasteiger partial charge in [-0.25, -0.2) is 4.79 Å². The van der Waals surface area contributed by atoms with E-state index in [9.17, 15) is 14.4 Å². The summed E-state index contributed by atoms with van der Waals surface area (Å²) in [6.45, 7) is 2.82. The Hall–Kier alpha value is -3.84. The number of aromatic nitrogens is 2. The van der Waals surface area contributed by atoms with Crippen LogP contribution in [-0.4, -0.2) is 46.5 Å². The molecule has 0 bridgehead atoms. The fourth-order valence-electron chi connectivity index (χ4n) is 4.50. The van der Waals surface area contributed by atoms with Crippen LogP contribution in [0.2, 0.25) is 5.02 Å². The van der Waals surface area contributed by atoms with Crippen molar-refractivity contribution >= 4 is 34.1 Å². The molecule has 1 amide bonds. The minimum absolute atomic E-state index is 0.119. The topological polar surface area (TPSA) is 78.4 Å². The molecule has 5 rings (SSSR count). The lowest BCUT2D eigenvalue weighted by atomic mass is 10.1. The molecule has 1 fully saturated rings. The van der Waals surface area contributed by atoms with Gasteiger partial charge in [0.1, 0.15) is 0 Å². The number of aromatic amines is 1. The Kier molecular flexibility index (Phi) is 6.42. The number of hydrogen-bond donors (Lipinski definition) is 1. The Balaban J connectivity index is 1.32. The van der Waals surface area contributed by atoms with Crippen molar-refractivity contribution in [2.75, 3.05) is 31.1 Å². The Morgan fingerprint density at radius 2 is 1.66 bits per heavy atom. The molecule has 2 heterocycles. The van der Waals surface area contributed by atoms with Gasteiger partial charge in [0.25, 0.3) is 11.5 Å². The number of carbonyl (C=O) groups excluding carboxylic acids is 1. The van der Waals surface area contributed by atoms with Gasteiger partial charge < -0.3 is 14.8 Å². The number of rotatable bonds is 5. The molecular formula is C27H25ClN4O3. The molecule has 4 aromatic rings. The number of anilines is 1. The lowest BCUT2D eigenvalue weighted by Gasteiger charge is -2.36. The first-order chi connectivity index (χ1) is 17.0. The SMILES string of the molecule is O=C(c1ccc2c(=O)n(CCc3ccccc3)c(=O)[nH]c2c1)N1CCN(c2cccc(Cl)c2)CC1. The Morgan fingerprint density at radius 1 is 0.886 bits per heavy atom. The number of fused-ring (bicyclic) bond motifs is 1. The molecule has 0 saturated carbocycles. The second-order valence-electron chi connectivity index (χ2n) is 8.64. The molecule has 0 spiro atoms. The lowest BCUT2D eigenvalue weighted by Crippen LogP contribution is -2.48. The smallest absolute Gasteiger partial charge is 0.328 e. The fraction of sp³-hybridized carbons (Fsp3) is 0.222. The van der Waals surface area contributed by atoms with Crippen molar-refractivity contribution in [1.82, 2.24) is 14.5 Å². The van der Waals surface area contributed by atoms with Crippen molar-refractivity contribution < 1.29 is 4.79 Å². The van der Waals surface area contributed by atoms with E-state index in [0.717, 1.165) is 11.3 Å².